The third-order valence-corrected chi connectivity index (χ3v) is 5.27. The molecule has 0 atom stereocenters. The molecule has 4 rings (SSSR count). The molecule has 0 unspecified atom stereocenters. The van der Waals surface area contributed by atoms with Gasteiger partial charge in [-0.25, -0.2) is 9.69 Å². The molecular formula is C23H15N3O8. The van der Waals surface area contributed by atoms with Crippen molar-refractivity contribution < 1.29 is 29.0 Å². The minimum Gasteiger partial charge on any atom is -0.457 e. The van der Waals surface area contributed by atoms with E-state index in [1.807, 2.05) is 0 Å². The third kappa shape index (κ3) is 3.86. The summed E-state index contributed by atoms with van der Waals surface area (Å²) in [7, 11) is 0. The van der Waals surface area contributed by atoms with Gasteiger partial charge in [0.2, 0.25) is 0 Å². The van der Waals surface area contributed by atoms with Gasteiger partial charge in [-0.2, -0.15) is 0 Å². The Labute approximate surface area is 191 Å². The van der Waals surface area contributed by atoms with Gasteiger partial charge in [-0.05, 0) is 36.2 Å². The van der Waals surface area contributed by atoms with Crippen LogP contribution in [0.25, 0.3) is 0 Å². The summed E-state index contributed by atoms with van der Waals surface area (Å²) in [6.45, 7) is 1.38. The number of aryl methyl sites for hydroxylation is 1. The van der Waals surface area contributed by atoms with Crippen LogP contribution in [0.4, 0.5) is 17.1 Å². The van der Waals surface area contributed by atoms with Crippen molar-refractivity contribution in [1.82, 2.24) is 0 Å². The zero-order valence-corrected chi connectivity index (χ0v) is 17.6. The fraction of sp³-hybridized carbons (Fsp3) is 0.0870. The topological polar surface area (TPSA) is 150 Å². The molecular weight excluding hydrogens is 446 g/mol. The van der Waals surface area contributed by atoms with Crippen LogP contribution in [-0.2, 0) is 11.3 Å². The highest BCUT2D eigenvalue weighted by atomic mass is 16.6. The summed E-state index contributed by atoms with van der Waals surface area (Å²) >= 11 is 0. The minimum absolute atomic E-state index is 0.0251. The molecule has 3 aromatic carbocycles. The Bertz CT molecular complexity index is 1400. The Morgan fingerprint density at radius 1 is 0.941 bits per heavy atom. The van der Waals surface area contributed by atoms with Gasteiger partial charge in [0.05, 0.1) is 26.7 Å². The quantitative estimate of drug-likeness (QED) is 0.232. The van der Waals surface area contributed by atoms with Crippen LogP contribution in [0.1, 0.15) is 42.2 Å². The first-order valence-electron chi connectivity index (χ1n) is 9.86. The smallest absolute Gasteiger partial charge is 0.338 e. The number of hydrogen-bond acceptors (Lipinski definition) is 8. The van der Waals surface area contributed by atoms with Crippen molar-refractivity contribution in [2.45, 2.75) is 13.5 Å². The first-order valence-corrected chi connectivity index (χ1v) is 9.86. The van der Waals surface area contributed by atoms with Crippen LogP contribution in [-0.4, -0.2) is 27.6 Å². The van der Waals surface area contributed by atoms with E-state index in [9.17, 15) is 34.6 Å². The van der Waals surface area contributed by atoms with Gasteiger partial charge in [-0.1, -0.05) is 24.3 Å². The molecule has 1 aliphatic heterocycles. The van der Waals surface area contributed by atoms with Crippen molar-refractivity contribution in [3.63, 3.8) is 0 Å². The maximum absolute atomic E-state index is 13.0. The van der Waals surface area contributed by atoms with Crippen LogP contribution in [0.15, 0.2) is 60.7 Å². The molecule has 0 saturated carbocycles. The molecule has 0 spiro atoms. The lowest BCUT2D eigenvalue weighted by atomic mass is 10.1. The monoisotopic (exact) mass is 461 g/mol. The second kappa shape index (κ2) is 8.54. The van der Waals surface area contributed by atoms with E-state index in [0.717, 1.165) is 11.0 Å². The fourth-order valence-electron chi connectivity index (χ4n) is 3.61. The highest BCUT2D eigenvalue weighted by Crippen LogP contribution is 2.35. The van der Waals surface area contributed by atoms with Gasteiger partial charge in [0.25, 0.3) is 23.2 Å². The second-order valence-electron chi connectivity index (χ2n) is 7.41. The number of amides is 2. The number of non-ortho nitro benzene ring substituents is 1. The van der Waals surface area contributed by atoms with E-state index in [0.29, 0.717) is 11.1 Å². The van der Waals surface area contributed by atoms with Crippen LogP contribution in [0.3, 0.4) is 0 Å². The number of anilines is 1. The number of imide groups is 1. The van der Waals surface area contributed by atoms with Gasteiger partial charge in [0, 0.05) is 18.2 Å². The number of rotatable bonds is 6. The highest BCUT2D eigenvalue weighted by molar-refractivity contribution is 6.36. The minimum atomic E-state index is -0.863. The van der Waals surface area contributed by atoms with E-state index in [1.54, 1.807) is 13.0 Å². The summed E-state index contributed by atoms with van der Waals surface area (Å²) in [6.07, 6.45) is 0. The molecule has 0 bridgehead atoms. The zero-order chi connectivity index (χ0) is 24.6. The SMILES string of the molecule is Cc1ccc(C(=O)OCc2cccc([N+](=O)[O-])c2)cc1N1C(=O)c2cccc([N+](=O)[O-])c2C1=O. The first kappa shape index (κ1) is 22.3. The van der Waals surface area contributed by atoms with Crippen LogP contribution in [0.2, 0.25) is 0 Å². The Morgan fingerprint density at radius 3 is 2.38 bits per heavy atom. The maximum Gasteiger partial charge on any atom is 0.338 e. The lowest BCUT2D eigenvalue weighted by Gasteiger charge is -2.17. The average Bonchev–Trinajstić information content (AvgIpc) is 3.08. The number of esters is 1. The third-order valence-electron chi connectivity index (χ3n) is 5.27. The number of benzene rings is 3. The van der Waals surface area contributed by atoms with Gasteiger partial charge >= 0.3 is 5.97 Å². The molecule has 0 aliphatic carbocycles. The van der Waals surface area contributed by atoms with Gasteiger partial charge < -0.3 is 4.74 Å². The summed E-state index contributed by atoms with van der Waals surface area (Å²) in [5.74, 6) is -2.39. The van der Waals surface area contributed by atoms with Crippen LogP contribution in [0.5, 0.6) is 0 Å². The van der Waals surface area contributed by atoms with E-state index in [4.69, 9.17) is 4.74 Å². The van der Waals surface area contributed by atoms with E-state index < -0.39 is 33.3 Å². The molecule has 1 aliphatic rings. The fourth-order valence-corrected chi connectivity index (χ4v) is 3.61. The molecule has 0 radical (unpaired) electrons. The lowest BCUT2D eigenvalue weighted by Crippen LogP contribution is -2.30. The average molecular weight is 461 g/mol. The molecule has 0 aromatic heterocycles. The predicted octanol–water partition coefficient (Wildman–Crippen LogP) is 3.97. The van der Waals surface area contributed by atoms with Gasteiger partial charge in [0.1, 0.15) is 12.2 Å². The van der Waals surface area contributed by atoms with E-state index in [-0.39, 0.29) is 34.7 Å². The molecule has 2 amide bonds. The van der Waals surface area contributed by atoms with E-state index in [1.165, 1.54) is 48.5 Å². The highest BCUT2D eigenvalue weighted by Gasteiger charge is 2.42. The zero-order valence-electron chi connectivity index (χ0n) is 17.6. The van der Waals surface area contributed by atoms with Crippen LogP contribution < -0.4 is 4.90 Å². The maximum atomic E-state index is 13.0. The number of nitrogens with zero attached hydrogens (tertiary/aromatic N) is 3. The Hall–Kier alpha value is -4.93. The molecule has 34 heavy (non-hydrogen) atoms. The van der Waals surface area contributed by atoms with Crippen molar-refractivity contribution in [3.05, 3.63) is 109 Å². The molecule has 11 nitrogen and oxygen atoms in total. The van der Waals surface area contributed by atoms with E-state index >= 15 is 0 Å². The van der Waals surface area contributed by atoms with Gasteiger partial charge in [0.15, 0.2) is 0 Å². The van der Waals surface area contributed by atoms with Crippen molar-refractivity contribution in [3.8, 4) is 0 Å². The molecule has 0 N–H and O–H groups in total. The number of ether oxygens (including phenoxy) is 1. The molecule has 0 saturated heterocycles. The van der Waals surface area contributed by atoms with Crippen molar-refractivity contribution >= 4 is 34.8 Å². The molecule has 11 heteroatoms. The van der Waals surface area contributed by atoms with Crippen LogP contribution >= 0.6 is 0 Å². The molecule has 170 valence electrons. The van der Waals surface area contributed by atoms with Crippen molar-refractivity contribution in [2.75, 3.05) is 4.90 Å². The van der Waals surface area contributed by atoms with Crippen LogP contribution in [0, 0.1) is 27.2 Å². The van der Waals surface area contributed by atoms with E-state index in [2.05, 4.69) is 0 Å². The molecule has 0 fully saturated rings. The lowest BCUT2D eigenvalue weighted by molar-refractivity contribution is -0.385. The number of fused-ring (bicyclic) bond motifs is 1. The number of hydrogen-bond donors (Lipinski definition) is 0. The normalized spacial score (nSPS) is 12.4. The Kier molecular flexibility index (Phi) is 5.60. The number of nitro benzene ring substituents is 2. The van der Waals surface area contributed by atoms with Gasteiger partial charge in [-0.15, -0.1) is 0 Å². The first-order chi connectivity index (χ1) is 16.2. The Balaban J connectivity index is 1.61. The number of carbonyl (C=O) groups excluding carboxylic acids is 3. The number of carbonyl (C=O) groups is 3. The Morgan fingerprint density at radius 2 is 1.68 bits per heavy atom. The summed E-state index contributed by atoms with van der Waals surface area (Å²) in [4.78, 5) is 60.3. The standard InChI is InChI=1S/C23H15N3O8/c1-13-8-9-15(23(29)34-12-14-4-2-5-16(10-14)25(30)31)11-19(13)24-21(27)17-6-3-7-18(26(32)33)20(17)22(24)28/h2-11H,12H2,1H3. The van der Waals surface area contributed by atoms with Crippen molar-refractivity contribution in [2.24, 2.45) is 0 Å². The van der Waals surface area contributed by atoms with Crippen molar-refractivity contribution in [1.29, 1.82) is 0 Å². The summed E-state index contributed by atoms with van der Waals surface area (Å²) in [5.41, 5.74) is -0.0421. The summed E-state index contributed by atoms with van der Waals surface area (Å²) < 4.78 is 5.23. The number of nitro groups is 2. The predicted molar refractivity (Wildman–Crippen MR) is 118 cm³/mol. The largest absolute Gasteiger partial charge is 0.457 e. The summed E-state index contributed by atoms with van der Waals surface area (Å²) in [6, 6.07) is 13.6. The molecule has 1 heterocycles. The second-order valence-corrected chi connectivity index (χ2v) is 7.41. The summed E-state index contributed by atoms with van der Waals surface area (Å²) in [5, 5.41) is 22.2. The van der Waals surface area contributed by atoms with Gasteiger partial charge in [-0.3, -0.25) is 29.8 Å². The molecule has 3 aromatic rings.